The number of ether oxygens (including phenoxy) is 1. The topological polar surface area (TPSA) is 141 Å². The number of aromatic nitrogens is 4. The van der Waals surface area contributed by atoms with Crippen LogP contribution in [0.4, 0.5) is 10.9 Å². The number of hydrogen-bond donors (Lipinski definition) is 2. The Morgan fingerprint density at radius 1 is 1.46 bits per heavy atom. The first-order valence-electron chi connectivity index (χ1n) is 7.15. The van der Waals surface area contributed by atoms with Gasteiger partial charge in [0.2, 0.25) is 10.1 Å². The first-order chi connectivity index (χ1) is 12.5. The van der Waals surface area contributed by atoms with E-state index in [4.69, 9.17) is 4.74 Å². The van der Waals surface area contributed by atoms with Crippen LogP contribution in [0, 0.1) is 10.1 Å². The predicted octanol–water partition coefficient (Wildman–Crippen LogP) is 2.01. The molecule has 0 spiro atoms. The fraction of sp³-hybridized carbons (Fsp3) is 0.143. The molecule has 1 aromatic carbocycles. The van der Waals surface area contributed by atoms with Crippen LogP contribution < -0.4 is 10.2 Å². The Balaban J connectivity index is 1.72. The molecule has 3 rings (SSSR count). The predicted molar refractivity (Wildman–Crippen MR) is 94.6 cm³/mol. The van der Waals surface area contributed by atoms with Crippen LogP contribution in [0.1, 0.15) is 5.56 Å². The summed E-state index contributed by atoms with van der Waals surface area (Å²) in [5, 5.41) is 33.2. The molecule has 134 valence electrons. The Labute approximate surface area is 150 Å². The van der Waals surface area contributed by atoms with Crippen molar-refractivity contribution < 1.29 is 14.8 Å². The number of rotatable bonds is 6. The second-order valence-electron chi connectivity index (χ2n) is 4.97. The van der Waals surface area contributed by atoms with Gasteiger partial charge >= 0.3 is 5.82 Å². The van der Waals surface area contributed by atoms with E-state index in [1.807, 2.05) is 0 Å². The van der Waals surface area contributed by atoms with Crippen molar-refractivity contribution >= 4 is 28.5 Å². The van der Waals surface area contributed by atoms with E-state index in [1.165, 1.54) is 37.2 Å². The van der Waals surface area contributed by atoms with Crippen molar-refractivity contribution in [2.75, 3.05) is 12.5 Å². The molecule has 0 aliphatic carbocycles. The zero-order valence-corrected chi connectivity index (χ0v) is 14.5. The van der Waals surface area contributed by atoms with E-state index in [0.29, 0.717) is 27.3 Å². The van der Waals surface area contributed by atoms with Gasteiger partial charge in [-0.1, -0.05) is 11.3 Å². The molecule has 2 heterocycles. The van der Waals surface area contributed by atoms with Crippen LogP contribution in [0.15, 0.2) is 29.5 Å². The molecule has 3 aromatic rings. The van der Waals surface area contributed by atoms with E-state index in [1.54, 1.807) is 12.1 Å². The Hall–Kier alpha value is -3.54. The van der Waals surface area contributed by atoms with Gasteiger partial charge in [0.1, 0.15) is 6.20 Å². The number of aromatic hydroxyl groups is 1. The van der Waals surface area contributed by atoms with E-state index in [2.05, 4.69) is 25.7 Å². The maximum Gasteiger partial charge on any atom is 0.342 e. The molecule has 11 nitrogen and oxygen atoms in total. The molecule has 0 saturated heterocycles. The number of nitro groups is 1. The van der Waals surface area contributed by atoms with Crippen molar-refractivity contribution in [1.82, 2.24) is 19.7 Å². The first-order valence-corrected chi connectivity index (χ1v) is 7.97. The van der Waals surface area contributed by atoms with Crippen LogP contribution in [0.3, 0.4) is 0 Å². The molecule has 0 atom stereocenters. The highest BCUT2D eigenvalue weighted by Gasteiger charge is 2.21. The van der Waals surface area contributed by atoms with Crippen molar-refractivity contribution in [2.24, 2.45) is 12.1 Å². The zero-order chi connectivity index (χ0) is 18.7. The number of hydrazone groups is 1. The van der Waals surface area contributed by atoms with Gasteiger partial charge < -0.3 is 20.0 Å². The monoisotopic (exact) mass is 375 g/mol. The van der Waals surface area contributed by atoms with E-state index in [0.717, 1.165) is 11.3 Å². The number of nitrogens with zero attached hydrogens (tertiary/aromatic N) is 6. The van der Waals surface area contributed by atoms with Crippen molar-refractivity contribution in [2.45, 2.75) is 0 Å². The highest BCUT2D eigenvalue weighted by atomic mass is 32.1. The molecular weight excluding hydrogens is 362 g/mol. The molecule has 0 bridgehead atoms. The van der Waals surface area contributed by atoms with Gasteiger partial charge in [-0.3, -0.25) is 5.43 Å². The molecule has 2 aromatic heterocycles. The third kappa shape index (κ3) is 3.44. The van der Waals surface area contributed by atoms with E-state index >= 15 is 0 Å². The van der Waals surface area contributed by atoms with Crippen molar-refractivity contribution in [3.05, 3.63) is 40.1 Å². The number of phenolic OH excluding ortho intramolecular Hbond substituents is 1. The summed E-state index contributed by atoms with van der Waals surface area (Å²) in [6.45, 7) is 0. The quantitative estimate of drug-likeness (QED) is 0.379. The Morgan fingerprint density at radius 3 is 2.96 bits per heavy atom. The van der Waals surface area contributed by atoms with Crippen molar-refractivity contribution in [3.8, 4) is 22.3 Å². The van der Waals surface area contributed by atoms with Crippen LogP contribution in [-0.4, -0.2) is 43.1 Å². The third-order valence-corrected chi connectivity index (χ3v) is 4.17. The molecule has 0 radical (unpaired) electrons. The van der Waals surface area contributed by atoms with Gasteiger partial charge in [-0.05, 0) is 28.7 Å². The number of benzene rings is 1. The maximum absolute atomic E-state index is 10.9. The van der Waals surface area contributed by atoms with Crippen LogP contribution in [0.25, 0.3) is 10.8 Å². The Bertz CT molecular complexity index is 982. The minimum atomic E-state index is -0.521. The molecule has 0 unspecified atom stereocenters. The summed E-state index contributed by atoms with van der Waals surface area (Å²) in [7, 11) is 2.99. The lowest BCUT2D eigenvalue weighted by Crippen LogP contribution is -1.98. The van der Waals surface area contributed by atoms with E-state index in [-0.39, 0.29) is 11.6 Å². The lowest BCUT2D eigenvalue weighted by atomic mass is 10.2. The van der Waals surface area contributed by atoms with Crippen LogP contribution in [-0.2, 0) is 7.05 Å². The highest BCUT2D eigenvalue weighted by molar-refractivity contribution is 7.18. The summed E-state index contributed by atoms with van der Waals surface area (Å²) < 4.78 is 6.35. The lowest BCUT2D eigenvalue weighted by molar-refractivity contribution is -0.391. The van der Waals surface area contributed by atoms with Gasteiger partial charge in [-0.15, -0.1) is 10.2 Å². The van der Waals surface area contributed by atoms with Gasteiger partial charge in [-0.2, -0.15) is 5.10 Å². The normalized spacial score (nSPS) is 11.0. The number of imidazole rings is 1. The molecule has 0 aliphatic rings. The molecule has 2 N–H and O–H groups in total. The minimum absolute atomic E-state index is 0.0375. The lowest BCUT2D eigenvalue weighted by Gasteiger charge is -2.03. The molecule has 0 saturated carbocycles. The molecule has 0 fully saturated rings. The summed E-state index contributed by atoms with van der Waals surface area (Å²) >= 11 is 1.15. The van der Waals surface area contributed by atoms with E-state index < -0.39 is 4.92 Å². The number of phenols is 1. The summed E-state index contributed by atoms with van der Waals surface area (Å²) in [4.78, 5) is 14.4. The van der Waals surface area contributed by atoms with Gasteiger partial charge in [0.05, 0.1) is 20.4 Å². The zero-order valence-electron chi connectivity index (χ0n) is 13.7. The number of anilines is 1. The van der Waals surface area contributed by atoms with Crippen molar-refractivity contribution in [1.29, 1.82) is 0 Å². The summed E-state index contributed by atoms with van der Waals surface area (Å²) in [6, 6.07) is 4.79. The summed E-state index contributed by atoms with van der Waals surface area (Å²) in [5.41, 5.74) is 3.43. The fourth-order valence-corrected chi connectivity index (χ4v) is 2.79. The van der Waals surface area contributed by atoms with Gasteiger partial charge in [0.15, 0.2) is 11.5 Å². The van der Waals surface area contributed by atoms with Gasteiger partial charge in [-0.25, -0.2) is 9.55 Å². The van der Waals surface area contributed by atoms with Crippen LogP contribution >= 0.6 is 11.3 Å². The SMILES string of the molecule is COc1cc(/C=N/Nc2nnc(-c3ncc([N+](=O)[O-])n3C)s2)ccc1O. The number of methoxy groups -OCH3 is 1. The average molecular weight is 375 g/mol. The first kappa shape index (κ1) is 17.3. The largest absolute Gasteiger partial charge is 0.504 e. The summed E-state index contributed by atoms with van der Waals surface area (Å²) in [6.07, 6.45) is 2.69. The van der Waals surface area contributed by atoms with Crippen LogP contribution in [0.2, 0.25) is 0 Å². The Kier molecular flexibility index (Phi) is 4.75. The highest BCUT2D eigenvalue weighted by Crippen LogP contribution is 2.28. The second kappa shape index (κ2) is 7.14. The van der Waals surface area contributed by atoms with Gasteiger partial charge in [0.25, 0.3) is 5.82 Å². The average Bonchev–Trinajstić information content (AvgIpc) is 3.22. The molecule has 0 amide bonds. The molecule has 0 aliphatic heterocycles. The molecular formula is C14H13N7O4S. The standard InChI is InChI=1S/C14H13N7O4S/c1-20-11(21(23)24)7-15-12(20)13-17-19-14(26-13)18-16-6-8-3-4-9(22)10(5-8)25-2/h3-7,22H,1-2H3,(H,18,19)/b16-6+. The fourth-order valence-electron chi connectivity index (χ4n) is 2.06. The molecule has 12 heteroatoms. The third-order valence-electron chi connectivity index (χ3n) is 3.34. The second-order valence-corrected chi connectivity index (χ2v) is 5.95. The molecule has 26 heavy (non-hydrogen) atoms. The Morgan fingerprint density at radius 2 is 2.27 bits per heavy atom. The van der Waals surface area contributed by atoms with Crippen molar-refractivity contribution in [3.63, 3.8) is 0 Å². The number of nitrogens with one attached hydrogen (secondary N) is 1. The smallest absolute Gasteiger partial charge is 0.342 e. The number of hydrogen-bond acceptors (Lipinski definition) is 10. The van der Waals surface area contributed by atoms with E-state index in [9.17, 15) is 15.2 Å². The summed E-state index contributed by atoms with van der Waals surface area (Å²) in [5.74, 6) is 0.581. The minimum Gasteiger partial charge on any atom is -0.504 e. The van der Waals surface area contributed by atoms with Gasteiger partial charge in [0, 0.05) is 0 Å². The maximum atomic E-state index is 10.9. The van der Waals surface area contributed by atoms with Crippen LogP contribution in [0.5, 0.6) is 11.5 Å².